The third kappa shape index (κ3) is 3.84. The van der Waals surface area contributed by atoms with Crippen molar-refractivity contribution in [1.29, 1.82) is 0 Å². The third-order valence-corrected chi connectivity index (χ3v) is 4.34. The minimum Gasteiger partial charge on any atom is -0.351 e. The van der Waals surface area contributed by atoms with Crippen LogP contribution < -0.4 is 5.32 Å². The molecule has 2 heterocycles. The van der Waals surface area contributed by atoms with Crippen LogP contribution in [0.2, 0.25) is 0 Å². The van der Waals surface area contributed by atoms with Crippen LogP contribution in [-0.2, 0) is 4.79 Å². The average molecular weight is 303 g/mol. The first kappa shape index (κ1) is 16.5. The van der Waals surface area contributed by atoms with Crippen LogP contribution in [0.1, 0.15) is 49.2 Å². The lowest BCUT2D eigenvalue weighted by Gasteiger charge is -2.19. The lowest BCUT2D eigenvalue weighted by Crippen LogP contribution is -2.41. The molecule has 0 aliphatic carbocycles. The van der Waals surface area contributed by atoms with E-state index in [1.54, 1.807) is 17.2 Å². The van der Waals surface area contributed by atoms with E-state index in [0.717, 1.165) is 25.0 Å². The van der Waals surface area contributed by atoms with Gasteiger partial charge in [0.2, 0.25) is 5.91 Å². The Balaban J connectivity index is 1.91. The summed E-state index contributed by atoms with van der Waals surface area (Å²) in [4.78, 5) is 30.5. The van der Waals surface area contributed by atoms with E-state index in [4.69, 9.17) is 0 Å². The van der Waals surface area contributed by atoms with Crippen LogP contribution in [0, 0.1) is 12.8 Å². The minimum atomic E-state index is -0.00761. The molecule has 1 aromatic rings. The van der Waals surface area contributed by atoms with E-state index < -0.39 is 0 Å². The summed E-state index contributed by atoms with van der Waals surface area (Å²) in [7, 11) is 0. The Morgan fingerprint density at radius 3 is 2.68 bits per heavy atom. The van der Waals surface area contributed by atoms with Gasteiger partial charge in [-0.15, -0.1) is 0 Å². The van der Waals surface area contributed by atoms with E-state index in [9.17, 15) is 9.59 Å². The number of likely N-dealkylation sites (tertiary alicyclic amines) is 1. The number of aromatic nitrogens is 1. The third-order valence-electron chi connectivity index (χ3n) is 4.34. The monoisotopic (exact) mass is 303 g/mol. The summed E-state index contributed by atoms with van der Waals surface area (Å²) in [5, 5.41) is 3.08. The topological polar surface area (TPSA) is 62.3 Å². The fourth-order valence-corrected chi connectivity index (χ4v) is 2.82. The highest BCUT2D eigenvalue weighted by atomic mass is 16.2. The Hall–Kier alpha value is -1.91. The normalized spacial score (nSPS) is 17.8. The Labute approximate surface area is 132 Å². The molecule has 0 radical (unpaired) electrons. The van der Waals surface area contributed by atoms with Crippen LogP contribution >= 0.6 is 0 Å². The number of nitrogens with one attached hydrogen (secondary N) is 1. The standard InChI is InChI=1S/C17H25N3O2/c1-4-13(5-2)16(21)19-15-8-9-20(11-15)17(22)14-7-6-12(3)18-10-14/h6-7,10,13,15H,4-5,8-9,11H2,1-3H3,(H,19,21)/t15-/m1/s1. The zero-order chi connectivity index (χ0) is 16.1. The van der Waals surface area contributed by atoms with Gasteiger partial charge in [0.15, 0.2) is 0 Å². The molecular formula is C17H25N3O2. The quantitative estimate of drug-likeness (QED) is 0.906. The lowest BCUT2D eigenvalue weighted by molar-refractivity contribution is -0.125. The SMILES string of the molecule is CCC(CC)C(=O)N[C@@H]1CCN(C(=O)c2ccc(C)nc2)C1. The molecule has 1 N–H and O–H groups in total. The Morgan fingerprint density at radius 1 is 1.36 bits per heavy atom. The Morgan fingerprint density at radius 2 is 2.09 bits per heavy atom. The molecule has 0 aromatic carbocycles. The number of amides is 2. The van der Waals surface area contributed by atoms with Gasteiger partial charge in [0.25, 0.3) is 5.91 Å². The molecule has 1 aliphatic heterocycles. The average Bonchev–Trinajstić information content (AvgIpc) is 2.97. The van der Waals surface area contributed by atoms with Gasteiger partial charge in [-0.05, 0) is 38.3 Å². The van der Waals surface area contributed by atoms with Crippen LogP contribution in [0.4, 0.5) is 0 Å². The van der Waals surface area contributed by atoms with Crippen LogP contribution in [0.3, 0.4) is 0 Å². The Bertz CT molecular complexity index is 523. The van der Waals surface area contributed by atoms with Crippen molar-refractivity contribution in [3.63, 3.8) is 0 Å². The maximum atomic E-state index is 12.4. The number of aryl methyl sites for hydroxylation is 1. The first-order valence-electron chi connectivity index (χ1n) is 8.07. The van der Waals surface area contributed by atoms with Gasteiger partial charge < -0.3 is 10.2 Å². The molecule has 1 atom stereocenters. The van der Waals surface area contributed by atoms with Gasteiger partial charge in [0.1, 0.15) is 0 Å². The molecule has 0 saturated carbocycles. The van der Waals surface area contributed by atoms with Crippen molar-refractivity contribution < 1.29 is 9.59 Å². The zero-order valence-corrected chi connectivity index (χ0v) is 13.6. The molecule has 0 unspecified atom stereocenters. The van der Waals surface area contributed by atoms with E-state index in [0.29, 0.717) is 18.7 Å². The van der Waals surface area contributed by atoms with Crippen molar-refractivity contribution in [3.05, 3.63) is 29.6 Å². The number of hydrogen-bond donors (Lipinski definition) is 1. The molecule has 120 valence electrons. The number of rotatable bonds is 5. The van der Waals surface area contributed by atoms with E-state index in [1.165, 1.54) is 0 Å². The summed E-state index contributed by atoms with van der Waals surface area (Å²) in [5.74, 6) is 0.180. The van der Waals surface area contributed by atoms with Crippen molar-refractivity contribution in [2.45, 2.75) is 46.1 Å². The molecule has 0 spiro atoms. The summed E-state index contributed by atoms with van der Waals surface area (Å²) in [6.07, 6.45) is 4.14. The van der Waals surface area contributed by atoms with Gasteiger partial charge in [0, 0.05) is 36.9 Å². The molecule has 1 fully saturated rings. The van der Waals surface area contributed by atoms with Crippen LogP contribution in [0.15, 0.2) is 18.3 Å². The number of nitrogens with zero attached hydrogens (tertiary/aromatic N) is 2. The van der Waals surface area contributed by atoms with E-state index in [-0.39, 0.29) is 23.8 Å². The lowest BCUT2D eigenvalue weighted by atomic mass is 10.0. The van der Waals surface area contributed by atoms with Gasteiger partial charge in [-0.25, -0.2) is 0 Å². The van der Waals surface area contributed by atoms with Gasteiger partial charge in [0.05, 0.1) is 5.56 Å². The largest absolute Gasteiger partial charge is 0.351 e. The zero-order valence-electron chi connectivity index (χ0n) is 13.6. The van der Waals surface area contributed by atoms with Crippen molar-refractivity contribution in [2.75, 3.05) is 13.1 Å². The number of carbonyl (C=O) groups excluding carboxylic acids is 2. The predicted molar refractivity (Wildman–Crippen MR) is 85.5 cm³/mol. The fraction of sp³-hybridized carbons (Fsp3) is 0.588. The van der Waals surface area contributed by atoms with Gasteiger partial charge in [-0.2, -0.15) is 0 Å². The molecule has 1 saturated heterocycles. The van der Waals surface area contributed by atoms with Crippen LogP contribution in [-0.4, -0.2) is 40.8 Å². The number of hydrogen-bond acceptors (Lipinski definition) is 3. The summed E-state index contributed by atoms with van der Waals surface area (Å²) < 4.78 is 0. The van der Waals surface area contributed by atoms with Gasteiger partial charge in [-0.3, -0.25) is 14.6 Å². The van der Waals surface area contributed by atoms with Crippen LogP contribution in [0.5, 0.6) is 0 Å². The summed E-state index contributed by atoms with van der Waals surface area (Å²) >= 11 is 0. The molecule has 2 rings (SSSR count). The van der Waals surface area contributed by atoms with Crippen molar-refractivity contribution in [2.24, 2.45) is 5.92 Å². The first-order valence-corrected chi connectivity index (χ1v) is 8.07. The Kier molecular flexibility index (Phi) is 5.52. The molecule has 1 aromatic heterocycles. The summed E-state index contributed by atoms with van der Waals surface area (Å²) in [5.41, 5.74) is 1.51. The summed E-state index contributed by atoms with van der Waals surface area (Å²) in [6.45, 7) is 7.22. The van der Waals surface area contributed by atoms with Gasteiger partial charge >= 0.3 is 0 Å². The molecule has 1 aliphatic rings. The highest BCUT2D eigenvalue weighted by molar-refractivity contribution is 5.94. The molecule has 0 bridgehead atoms. The second kappa shape index (κ2) is 7.38. The number of carbonyl (C=O) groups is 2. The second-order valence-electron chi connectivity index (χ2n) is 5.95. The molecular weight excluding hydrogens is 278 g/mol. The van der Waals surface area contributed by atoms with Crippen molar-refractivity contribution in [3.8, 4) is 0 Å². The number of pyridine rings is 1. The molecule has 5 heteroatoms. The minimum absolute atomic E-state index is 0.00761. The van der Waals surface area contributed by atoms with Crippen molar-refractivity contribution >= 4 is 11.8 Å². The maximum Gasteiger partial charge on any atom is 0.255 e. The first-order chi connectivity index (χ1) is 10.5. The fourth-order valence-electron chi connectivity index (χ4n) is 2.82. The molecule has 5 nitrogen and oxygen atoms in total. The van der Waals surface area contributed by atoms with Gasteiger partial charge in [-0.1, -0.05) is 13.8 Å². The van der Waals surface area contributed by atoms with E-state index in [2.05, 4.69) is 10.3 Å². The van der Waals surface area contributed by atoms with Crippen LogP contribution in [0.25, 0.3) is 0 Å². The smallest absolute Gasteiger partial charge is 0.255 e. The predicted octanol–water partition coefficient (Wildman–Crippen LogP) is 2.16. The van der Waals surface area contributed by atoms with E-state index in [1.807, 2.05) is 26.8 Å². The molecule has 22 heavy (non-hydrogen) atoms. The van der Waals surface area contributed by atoms with E-state index >= 15 is 0 Å². The van der Waals surface area contributed by atoms with Crippen molar-refractivity contribution in [1.82, 2.24) is 15.2 Å². The highest BCUT2D eigenvalue weighted by Gasteiger charge is 2.29. The second-order valence-corrected chi connectivity index (χ2v) is 5.95. The summed E-state index contributed by atoms with van der Waals surface area (Å²) in [6, 6.07) is 3.71. The highest BCUT2D eigenvalue weighted by Crippen LogP contribution is 2.15. The maximum absolute atomic E-state index is 12.4. The molecule has 2 amide bonds.